The number of hydrogen-bond acceptors (Lipinski definition) is 5. The second-order valence-electron chi connectivity index (χ2n) is 5.60. The zero-order valence-corrected chi connectivity index (χ0v) is 14.9. The molecule has 0 spiro atoms. The van der Waals surface area contributed by atoms with Crippen molar-refractivity contribution in [2.45, 2.75) is 31.3 Å². The Labute approximate surface area is 151 Å². The molecule has 2 atom stereocenters. The van der Waals surface area contributed by atoms with E-state index in [1.165, 1.54) is 11.3 Å². The Hall–Kier alpha value is -1.08. The van der Waals surface area contributed by atoms with Crippen LogP contribution in [0.3, 0.4) is 0 Å². The first kappa shape index (κ1) is 18.3. The number of aromatic nitrogens is 1. The van der Waals surface area contributed by atoms with Gasteiger partial charge in [-0.25, -0.2) is 4.98 Å². The number of carbonyl (C=O) groups excluding carboxylic acids is 1. The number of carbonyl (C=O) groups is 1. The first-order valence-electron chi connectivity index (χ1n) is 7.36. The fourth-order valence-corrected chi connectivity index (χ4v) is 4.16. The van der Waals surface area contributed by atoms with Gasteiger partial charge < -0.3 is 14.6 Å². The first-order chi connectivity index (χ1) is 10.3. The Kier molecular flexibility index (Phi) is 6.08. The number of amides is 1. The Morgan fingerprint density at radius 2 is 2.13 bits per heavy atom. The van der Waals surface area contributed by atoms with Crippen molar-refractivity contribution in [1.29, 1.82) is 0 Å². The summed E-state index contributed by atoms with van der Waals surface area (Å²) in [6.07, 6.45) is 6.59. The average Bonchev–Trinajstić information content (AvgIpc) is 3.15. The molecule has 126 valence electrons. The molecule has 0 radical (unpaired) electrons. The Morgan fingerprint density at radius 1 is 1.30 bits per heavy atom. The number of hydrogen-bond donors (Lipinski definition) is 1. The number of rotatable bonds is 2. The third-order valence-corrected chi connectivity index (χ3v) is 5.34. The quantitative estimate of drug-likeness (QED) is 0.875. The molecular formula is C15H19Cl2N3O2S. The molecule has 2 saturated heterocycles. The van der Waals surface area contributed by atoms with Crippen LogP contribution in [0.4, 0.5) is 0 Å². The standard InChI is InChI=1S/C15H17N3O2S.2ClH/c19-15(18-10-3-4-11(18)8-16-6-5-10)13-9-17-14(21-13)12-2-1-7-20-12;;/h1-2,7,9-11,16H,3-6,8H2;2*1H. The van der Waals surface area contributed by atoms with Gasteiger partial charge in [-0.2, -0.15) is 0 Å². The number of nitrogens with zero attached hydrogens (tertiary/aromatic N) is 2. The molecule has 1 N–H and O–H groups in total. The number of nitrogens with one attached hydrogen (secondary N) is 1. The van der Waals surface area contributed by atoms with Crippen molar-refractivity contribution >= 4 is 42.1 Å². The van der Waals surface area contributed by atoms with Crippen LogP contribution >= 0.6 is 36.2 Å². The zero-order chi connectivity index (χ0) is 14.2. The Morgan fingerprint density at radius 3 is 2.91 bits per heavy atom. The Bertz CT molecular complexity index is 633. The summed E-state index contributed by atoms with van der Waals surface area (Å²) in [4.78, 5) is 20.0. The van der Waals surface area contributed by atoms with Crippen LogP contribution < -0.4 is 5.32 Å². The van der Waals surface area contributed by atoms with Gasteiger partial charge in [0.05, 0.1) is 12.5 Å². The summed E-state index contributed by atoms with van der Waals surface area (Å²) in [5.74, 6) is 0.848. The number of thiazole rings is 1. The highest BCUT2D eigenvalue weighted by molar-refractivity contribution is 7.16. The first-order valence-corrected chi connectivity index (χ1v) is 8.17. The fraction of sp³-hybridized carbons (Fsp3) is 0.467. The molecule has 2 aromatic rings. The van der Waals surface area contributed by atoms with E-state index in [0.717, 1.165) is 43.1 Å². The number of fused-ring (bicyclic) bond motifs is 2. The van der Waals surface area contributed by atoms with Crippen molar-refractivity contribution in [2.75, 3.05) is 13.1 Å². The summed E-state index contributed by atoms with van der Waals surface area (Å²) in [5, 5.41) is 4.19. The van der Waals surface area contributed by atoms with Gasteiger partial charge in [-0.15, -0.1) is 36.2 Å². The molecule has 2 unspecified atom stereocenters. The molecule has 0 saturated carbocycles. The summed E-state index contributed by atoms with van der Waals surface area (Å²) in [6, 6.07) is 4.41. The largest absolute Gasteiger partial charge is 0.462 e. The number of furan rings is 1. The molecule has 2 aliphatic heterocycles. The van der Waals surface area contributed by atoms with Gasteiger partial charge in [0.25, 0.3) is 5.91 Å². The molecule has 2 aliphatic rings. The van der Waals surface area contributed by atoms with Gasteiger partial charge in [-0.1, -0.05) is 0 Å². The van der Waals surface area contributed by atoms with E-state index in [2.05, 4.69) is 15.2 Å². The average molecular weight is 376 g/mol. The highest BCUT2D eigenvalue weighted by Gasteiger charge is 2.38. The molecule has 0 aromatic carbocycles. The van der Waals surface area contributed by atoms with Crippen molar-refractivity contribution in [2.24, 2.45) is 0 Å². The topological polar surface area (TPSA) is 58.4 Å². The summed E-state index contributed by atoms with van der Waals surface area (Å²) in [6.45, 7) is 1.91. The van der Waals surface area contributed by atoms with Gasteiger partial charge in [0.2, 0.25) is 0 Å². The lowest BCUT2D eigenvalue weighted by Crippen LogP contribution is -2.42. The SMILES string of the molecule is Cl.Cl.O=C(c1cnc(-c2ccco2)s1)N1C2CCNCC1CC2. The van der Waals surface area contributed by atoms with Gasteiger partial charge in [0.15, 0.2) is 10.8 Å². The monoisotopic (exact) mass is 375 g/mol. The molecule has 2 fully saturated rings. The van der Waals surface area contributed by atoms with E-state index in [9.17, 15) is 4.79 Å². The summed E-state index contributed by atoms with van der Waals surface area (Å²) >= 11 is 1.41. The van der Waals surface area contributed by atoms with Crippen molar-refractivity contribution in [3.63, 3.8) is 0 Å². The predicted molar refractivity (Wildman–Crippen MR) is 94.8 cm³/mol. The van der Waals surface area contributed by atoms with Gasteiger partial charge in [0, 0.05) is 18.6 Å². The predicted octanol–water partition coefficient (Wildman–Crippen LogP) is 3.21. The molecule has 2 bridgehead atoms. The lowest BCUT2D eigenvalue weighted by molar-refractivity contribution is 0.0685. The minimum absolute atomic E-state index is 0. The van der Waals surface area contributed by atoms with Gasteiger partial charge in [-0.05, 0) is 37.9 Å². The van der Waals surface area contributed by atoms with Crippen LogP contribution in [0.25, 0.3) is 10.8 Å². The van der Waals surface area contributed by atoms with Crippen molar-refractivity contribution in [3.8, 4) is 10.8 Å². The van der Waals surface area contributed by atoms with Crippen LogP contribution in [0.15, 0.2) is 29.0 Å². The molecule has 4 heterocycles. The molecule has 2 aromatic heterocycles. The highest BCUT2D eigenvalue weighted by Crippen LogP contribution is 2.32. The maximum atomic E-state index is 12.8. The van der Waals surface area contributed by atoms with E-state index in [1.54, 1.807) is 12.5 Å². The van der Waals surface area contributed by atoms with E-state index >= 15 is 0 Å². The van der Waals surface area contributed by atoms with Crippen LogP contribution in [-0.4, -0.2) is 41.0 Å². The second kappa shape index (κ2) is 7.66. The van der Waals surface area contributed by atoms with Gasteiger partial charge >= 0.3 is 0 Å². The maximum Gasteiger partial charge on any atom is 0.266 e. The van der Waals surface area contributed by atoms with Crippen LogP contribution in [-0.2, 0) is 0 Å². The third-order valence-electron chi connectivity index (χ3n) is 4.34. The van der Waals surface area contributed by atoms with Crippen LogP contribution in [0.5, 0.6) is 0 Å². The summed E-state index contributed by atoms with van der Waals surface area (Å²) in [7, 11) is 0. The molecule has 23 heavy (non-hydrogen) atoms. The van der Waals surface area contributed by atoms with E-state index in [1.807, 2.05) is 12.1 Å². The van der Waals surface area contributed by atoms with E-state index in [-0.39, 0.29) is 30.7 Å². The molecule has 0 aliphatic carbocycles. The van der Waals surface area contributed by atoms with Crippen LogP contribution in [0.1, 0.15) is 28.9 Å². The van der Waals surface area contributed by atoms with Crippen LogP contribution in [0, 0.1) is 0 Å². The van der Waals surface area contributed by atoms with E-state index < -0.39 is 0 Å². The number of halogens is 2. The minimum Gasteiger partial charge on any atom is -0.462 e. The van der Waals surface area contributed by atoms with Crippen molar-refractivity contribution in [1.82, 2.24) is 15.2 Å². The maximum absolute atomic E-state index is 12.8. The normalized spacial score (nSPS) is 22.9. The smallest absolute Gasteiger partial charge is 0.266 e. The molecule has 4 rings (SSSR count). The summed E-state index contributed by atoms with van der Waals surface area (Å²) in [5.41, 5.74) is 0. The summed E-state index contributed by atoms with van der Waals surface area (Å²) < 4.78 is 5.35. The van der Waals surface area contributed by atoms with E-state index in [0.29, 0.717) is 17.0 Å². The lowest BCUT2D eigenvalue weighted by atomic mass is 10.1. The molecular weight excluding hydrogens is 357 g/mol. The molecule has 5 nitrogen and oxygen atoms in total. The van der Waals surface area contributed by atoms with Crippen molar-refractivity contribution in [3.05, 3.63) is 29.5 Å². The minimum atomic E-state index is 0. The zero-order valence-electron chi connectivity index (χ0n) is 12.4. The molecule has 1 amide bonds. The highest BCUT2D eigenvalue weighted by atomic mass is 35.5. The van der Waals surface area contributed by atoms with E-state index in [4.69, 9.17) is 4.42 Å². The third kappa shape index (κ3) is 3.40. The van der Waals surface area contributed by atoms with Gasteiger partial charge in [-0.3, -0.25) is 4.79 Å². The Balaban J connectivity index is 0.000000960. The molecule has 8 heteroatoms. The fourth-order valence-electron chi connectivity index (χ4n) is 3.33. The second-order valence-corrected chi connectivity index (χ2v) is 6.63. The van der Waals surface area contributed by atoms with Crippen molar-refractivity contribution < 1.29 is 9.21 Å². The van der Waals surface area contributed by atoms with Crippen LogP contribution in [0.2, 0.25) is 0 Å². The lowest BCUT2D eigenvalue weighted by Gasteiger charge is -2.27. The van der Waals surface area contributed by atoms with Gasteiger partial charge in [0.1, 0.15) is 4.88 Å².